The molecule has 1 aliphatic rings. The number of hydrogen-bond acceptors (Lipinski definition) is 5. The lowest BCUT2D eigenvalue weighted by atomic mass is 10.1. The Hall–Kier alpha value is -1.56. The van der Waals surface area contributed by atoms with Gasteiger partial charge in [-0.3, -0.25) is 4.79 Å². The van der Waals surface area contributed by atoms with E-state index >= 15 is 0 Å². The van der Waals surface area contributed by atoms with Gasteiger partial charge in [0.25, 0.3) is 0 Å². The van der Waals surface area contributed by atoms with Crippen LogP contribution in [0.5, 0.6) is 5.75 Å². The van der Waals surface area contributed by atoms with Crippen LogP contribution in [0.3, 0.4) is 0 Å². The summed E-state index contributed by atoms with van der Waals surface area (Å²) in [5.74, 6) is -0.0293. The van der Waals surface area contributed by atoms with E-state index < -0.39 is 9.84 Å². The first-order valence-corrected chi connectivity index (χ1v) is 7.93. The molecule has 0 aromatic heterocycles. The summed E-state index contributed by atoms with van der Waals surface area (Å²) in [4.78, 5) is 13.2. The van der Waals surface area contributed by atoms with E-state index in [2.05, 4.69) is 0 Å². The number of benzene rings is 1. The van der Waals surface area contributed by atoms with Crippen molar-refractivity contribution in [3.05, 3.63) is 23.8 Å². The Morgan fingerprint density at radius 3 is 2.63 bits per heavy atom. The predicted molar refractivity (Wildman–Crippen MR) is 73.6 cm³/mol. The highest BCUT2D eigenvalue weighted by Crippen LogP contribution is 2.28. The molecule has 19 heavy (non-hydrogen) atoms. The molecular weight excluding hydrogens is 266 g/mol. The van der Waals surface area contributed by atoms with E-state index in [4.69, 9.17) is 0 Å². The molecule has 104 valence electrons. The van der Waals surface area contributed by atoms with E-state index in [1.54, 1.807) is 12.1 Å². The molecule has 0 radical (unpaired) electrons. The van der Waals surface area contributed by atoms with Crippen molar-refractivity contribution >= 4 is 21.3 Å². The number of aromatic hydroxyl groups is 1. The van der Waals surface area contributed by atoms with Crippen LogP contribution in [0, 0.1) is 0 Å². The number of sulfone groups is 1. The van der Waals surface area contributed by atoms with Crippen molar-refractivity contribution < 1.29 is 18.3 Å². The lowest BCUT2D eigenvalue weighted by Gasteiger charge is -2.35. The fourth-order valence-corrected chi connectivity index (χ4v) is 3.94. The number of ketones is 1. The third-order valence-corrected chi connectivity index (χ3v) is 5.16. The zero-order valence-corrected chi connectivity index (χ0v) is 11.8. The number of carbonyl (C=O) groups is 1. The molecule has 1 aliphatic heterocycles. The predicted octanol–water partition coefficient (Wildman–Crippen LogP) is 1.22. The van der Waals surface area contributed by atoms with Crippen LogP contribution >= 0.6 is 0 Å². The molecule has 5 nitrogen and oxygen atoms in total. The molecule has 1 atom stereocenters. The molecule has 0 amide bonds. The van der Waals surface area contributed by atoms with Crippen molar-refractivity contribution in [3.63, 3.8) is 0 Å². The quantitative estimate of drug-likeness (QED) is 0.826. The third-order valence-electron chi connectivity index (χ3n) is 3.36. The van der Waals surface area contributed by atoms with Gasteiger partial charge in [0.1, 0.15) is 5.75 Å². The maximum Gasteiger partial charge on any atom is 0.163 e. The Balaban J connectivity index is 2.28. The minimum absolute atomic E-state index is 0.0642. The number of hydrogen-bond donors (Lipinski definition) is 1. The summed E-state index contributed by atoms with van der Waals surface area (Å²) in [6, 6.07) is 4.69. The minimum Gasteiger partial charge on any atom is -0.507 e. The Labute approximate surface area is 112 Å². The van der Waals surface area contributed by atoms with Gasteiger partial charge < -0.3 is 10.0 Å². The fraction of sp³-hybridized carbons (Fsp3) is 0.462. The van der Waals surface area contributed by atoms with Crippen molar-refractivity contribution in [1.29, 1.82) is 0 Å². The highest BCUT2D eigenvalue weighted by molar-refractivity contribution is 7.91. The van der Waals surface area contributed by atoms with E-state index in [1.165, 1.54) is 13.0 Å². The molecule has 0 spiro atoms. The zero-order chi connectivity index (χ0) is 14.2. The van der Waals surface area contributed by atoms with Gasteiger partial charge >= 0.3 is 0 Å². The SMILES string of the molecule is CC(=O)c1ccc(N2CCS(=O)(=O)CC2C)cc1O. The summed E-state index contributed by atoms with van der Waals surface area (Å²) in [6.45, 7) is 3.64. The van der Waals surface area contributed by atoms with Gasteiger partial charge in [0.15, 0.2) is 15.6 Å². The van der Waals surface area contributed by atoms with Crippen LogP contribution in [0.4, 0.5) is 5.69 Å². The van der Waals surface area contributed by atoms with Crippen molar-refractivity contribution in [3.8, 4) is 5.75 Å². The number of phenolic OH excluding ortho intramolecular Hbond substituents is 1. The highest BCUT2D eigenvalue weighted by atomic mass is 32.2. The summed E-state index contributed by atoms with van der Waals surface area (Å²) in [5.41, 5.74) is 1.02. The van der Waals surface area contributed by atoms with Crippen LogP contribution in [0.1, 0.15) is 24.2 Å². The smallest absolute Gasteiger partial charge is 0.163 e. The van der Waals surface area contributed by atoms with Crippen LogP contribution in [-0.4, -0.2) is 43.4 Å². The van der Waals surface area contributed by atoms with E-state index in [0.29, 0.717) is 6.54 Å². The number of Topliss-reactive ketones (excluding diaryl/α,β-unsaturated/α-hetero) is 1. The lowest BCUT2D eigenvalue weighted by molar-refractivity contribution is 0.101. The first kappa shape index (κ1) is 13.9. The molecule has 0 aliphatic carbocycles. The fourth-order valence-electron chi connectivity index (χ4n) is 2.38. The highest BCUT2D eigenvalue weighted by Gasteiger charge is 2.28. The number of carbonyl (C=O) groups excluding carboxylic acids is 1. The molecular formula is C13H17NO4S. The van der Waals surface area contributed by atoms with Crippen LogP contribution in [-0.2, 0) is 9.84 Å². The summed E-state index contributed by atoms with van der Waals surface area (Å²) in [5, 5.41) is 9.82. The molecule has 2 rings (SSSR count). The van der Waals surface area contributed by atoms with Gasteiger partial charge in [0, 0.05) is 24.3 Å². The molecule has 1 heterocycles. The van der Waals surface area contributed by atoms with Gasteiger partial charge in [-0.05, 0) is 26.0 Å². The largest absolute Gasteiger partial charge is 0.507 e. The molecule has 6 heteroatoms. The van der Waals surface area contributed by atoms with Gasteiger partial charge in [0.05, 0.1) is 17.1 Å². The van der Waals surface area contributed by atoms with Gasteiger partial charge in [0.2, 0.25) is 0 Å². The second-order valence-electron chi connectivity index (χ2n) is 4.91. The van der Waals surface area contributed by atoms with Gasteiger partial charge in [-0.15, -0.1) is 0 Å². The van der Waals surface area contributed by atoms with Crippen molar-refractivity contribution in [2.45, 2.75) is 19.9 Å². The van der Waals surface area contributed by atoms with Crippen molar-refractivity contribution in [1.82, 2.24) is 0 Å². The van der Waals surface area contributed by atoms with Crippen molar-refractivity contribution in [2.75, 3.05) is 23.0 Å². The molecule has 1 unspecified atom stereocenters. The number of anilines is 1. The first-order chi connectivity index (χ1) is 8.80. The first-order valence-electron chi connectivity index (χ1n) is 6.11. The van der Waals surface area contributed by atoms with Crippen LogP contribution in [0.15, 0.2) is 18.2 Å². The van der Waals surface area contributed by atoms with Crippen LogP contribution in [0.2, 0.25) is 0 Å². The third kappa shape index (κ3) is 2.89. The van der Waals surface area contributed by atoms with Crippen molar-refractivity contribution in [2.24, 2.45) is 0 Å². The maximum atomic E-state index is 11.5. The molecule has 1 aromatic rings. The number of phenols is 1. The average Bonchev–Trinajstić information content (AvgIpc) is 2.26. The molecule has 0 saturated carbocycles. The van der Waals surface area contributed by atoms with Crippen LogP contribution < -0.4 is 4.90 Å². The average molecular weight is 283 g/mol. The summed E-state index contributed by atoms with van der Waals surface area (Å²) in [7, 11) is -2.96. The Morgan fingerprint density at radius 1 is 1.42 bits per heavy atom. The molecule has 1 saturated heterocycles. The number of nitrogens with zero attached hydrogens (tertiary/aromatic N) is 1. The normalized spacial score (nSPS) is 22.2. The van der Waals surface area contributed by atoms with E-state index in [9.17, 15) is 18.3 Å². The summed E-state index contributed by atoms with van der Waals surface area (Å²) in [6.07, 6.45) is 0. The lowest BCUT2D eigenvalue weighted by Crippen LogP contribution is -2.47. The standard InChI is InChI=1S/C13H17NO4S/c1-9-8-19(17,18)6-5-14(9)11-3-4-12(10(2)15)13(16)7-11/h3-4,7,9,16H,5-6,8H2,1-2H3. The van der Waals surface area contributed by atoms with Gasteiger partial charge in [-0.1, -0.05) is 0 Å². The molecule has 1 N–H and O–H groups in total. The van der Waals surface area contributed by atoms with E-state index in [0.717, 1.165) is 5.69 Å². The summed E-state index contributed by atoms with van der Waals surface area (Å²) >= 11 is 0. The van der Waals surface area contributed by atoms with Gasteiger partial charge in [-0.25, -0.2) is 8.42 Å². The zero-order valence-electron chi connectivity index (χ0n) is 11.0. The second-order valence-corrected chi connectivity index (χ2v) is 7.14. The Bertz CT molecular complexity index is 609. The second kappa shape index (κ2) is 4.85. The monoisotopic (exact) mass is 283 g/mol. The van der Waals surface area contributed by atoms with Gasteiger partial charge in [-0.2, -0.15) is 0 Å². The van der Waals surface area contributed by atoms with Crippen LogP contribution in [0.25, 0.3) is 0 Å². The molecule has 0 bridgehead atoms. The molecule has 1 aromatic carbocycles. The number of rotatable bonds is 2. The molecule has 1 fully saturated rings. The minimum atomic E-state index is -2.96. The maximum absolute atomic E-state index is 11.5. The topological polar surface area (TPSA) is 74.7 Å². The Morgan fingerprint density at radius 2 is 2.11 bits per heavy atom. The Kier molecular flexibility index (Phi) is 3.54. The summed E-state index contributed by atoms with van der Waals surface area (Å²) < 4.78 is 23.1. The van der Waals surface area contributed by atoms with E-state index in [1.807, 2.05) is 11.8 Å². The van der Waals surface area contributed by atoms with E-state index in [-0.39, 0.29) is 34.6 Å².